The second kappa shape index (κ2) is 6.61. The first-order valence-corrected chi connectivity index (χ1v) is 9.26. The second-order valence-electron chi connectivity index (χ2n) is 8.27. The number of carbonyl (C=O) groups is 1. The van der Waals surface area contributed by atoms with Crippen LogP contribution in [0.4, 0.5) is 0 Å². The molecule has 0 aromatic heterocycles. The molecule has 3 rings (SSSR count). The van der Waals surface area contributed by atoms with Crippen LogP contribution in [0.25, 0.3) is 0 Å². The van der Waals surface area contributed by atoms with Crippen molar-refractivity contribution in [2.45, 2.75) is 71.5 Å². The van der Waals surface area contributed by atoms with Crippen molar-refractivity contribution in [2.75, 3.05) is 0 Å². The Balaban J connectivity index is 1.86. The van der Waals surface area contributed by atoms with E-state index in [0.717, 1.165) is 32.1 Å². The summed E-state index contributed by atoms with van der Waals surface area (Å²) in [6.07, 6.45) is 10.7. The Hall–Kier alpha value is -1.19. The molecule has 0 spiro atoms. The van der Waals surface area contributed by atoms with Crippen LogP contribution in [0.2, 0.25) is 0 Å². The van der Waals surface area contributed by atoms with E-state index in [4.69, 9.17) is 0 Å². The summed E-state index contributed by atoms with van der Waals surface area (Å²) in [5.74, 6) is 0.665. The first-order chi connectivity index (χ1) is 11.3. The van der Waals surface area contributed by atoms with Gasteiger partial charge in [-0.25, -0.2) is 0 Å². The molecule has 0 bridgehead atoms. The summed E-state index contributed by atoms with van der Waals surface area (Å²) in [4.78, 5) is 12.0. The number of ketones is 1. The zero-order valence-electron chi connectivity index (χ0n) is 15.1. The molecule has 0 amide bonds. The fraction of sp³-hybridized carbons (Fsp3) is 0.667. The number of fused-ring (bicyclic) bond motifs is 1. The number of aliphatic hydroxyl groups excluding tert-OH is 2. The molecule has 0 aromatic carbocycles. The maximum Gasteiger partial charge on any atom is 0.133 e. The van der Waals surface area contributed by atoms with E-state index in [0.29, 0.717) is 12.3 Å². The Morgan fingerprint density at radius 1 is 1.25 bits per heavy atom. The molecule has 0 aromatic rings. The van der Waals surface area contributed by atoms with Crippen LogP contribution in [-0.4, -0.2) is 28.2 Å². The molecular weight excluding hydrogens is 300 g/mol. The van der Waals surface area contributed by atoms with Crippen LogP contribution in [0.3, 0.4) is 0 Å². The van der Waals surface area contributed by atoms with Crippen molar-refractivity contribution in [3.63, 3.8) is 0 Å². The van der Waals surface area contributed by atoms with Gasteiger partial charge in [-0.05, 0) is 74.9 Å². The van der Waals surface area contributed by atoms with E-state index in [1.807, 2.05) is 6.08 Å². The molecule has 3 heteroatoms. The van der Waals surface area contributed by atoms with Crippen molar-refractivity contribution in [2.24, 2.45) is 17.3 Å². The number of hydrogen-bond donors (Lipinski definition) is 2. The molecule has 0 aliphatic heterocycles. The zero-order valence-corrected chi connectivity index (χ0v) is 15.1. The van der Waals surface area contributed by atoms with E-state index in [1.54, 1.807) is 6.92 Å². The third kappa shape index (κ3) is 3.16. The molecule has 0 unspecified atom stereocenters. The molecule has 3 nitrogen and oxygen atoms in total. The van der Waals surface area contributed by atoms with E-state index in [2.05, 4.69) is 26.0 Å². The second-order valence-corrected chi connectivity index (χ2v) is 8.27. The largest absolute Gasteiger partial charge is 0.393 e. The molecule has 0 radical (unpaired) electrons. The van der Waals surface area contributed by atoms with Crippen molar-refractivity contribution in [3.05, 3.63) is 34.9 Å². The van der Waals surface area contributed by atoms with Crippen molar-refractivity contribution < 1.29 is 15.0 Å². The molecule has 132 valence electrons. The summed E-state index contributed by atoms with van der Waals surface area (Å²) in [6, 6.07) is 0. The number of allylic oxidation sites excluding steroid dienone is 4. The van der Waals surface area contributed by atoms with E-state index in [9.17, 15) is 15.0 Å². The number of aliphatic hydroxyl groups is 2. The normalized spacial score (nSPS) is 40.0. The molecule has 5 atom stereocenters. The minimum atomic E-state index is -0.474. The topological polar surface area (TPSA) is 57.5 Å². The third-order valence-electron chi connectivity index (χ3n) is 6.60. The highest BCUT2D eigenvalue weighted by Crippen LogP contribution is 2.56. The predicted molar refractivity (Wildman–Crippen MR) is 95.4 cm³/mol. The zero-order chi connectivity index (χ0) is 17.5. The summed E-state index contributed by atoms with van der Waals surface area (Å²) in [5, 5.41) is 20.3. The first-order valence-electron chi connectivity index (χ1n) is 9.26. The van der Waals surface area contributed by atoms with E-state index in [-0.39, 0.29) is 23.2 Å². The first kappa shape index (κ1) is 17.6. The summed E-state index contributed by atoms with van der Waals surface area (Å²) in [5.41, 5.74) is 3.61. The van der Waals surface area contributed by atoms with Gasteiger partial charge in [0.05, 0.1) is 12.2 Å². The standard InChI is InChI=1S/C21H30O3/c1-13-4-7-17(23)10-15(13)5-6-16-11-18(24)12-21(3)19(14(2)22)8-9-20(16)21/h5-6,11,17-20,23-24H,4,7-10,12H2,1-3H3/b6-5+/t17-,18+,19-,20+,21-/m1/s1. The molecule has 0 heterocycles. The average molecular weight is 330 g/mol. The maximum atomic E-state index is 12.0. The van der Waals surface area contributed by atoms with Gasteiger partial charge in [0.2, 0.25) is 0 Å². The van der Waals surface area contributed by atoms with Crippen LogP contribution in [0.5, 0.6) is 0 Å². The summed E-state index contributed by atoms with van der Waals surface area (Å²) in [7, 11) is 0. The lowest BCUT2D eigenvalue weighted by molar-refractivity contribution is -0.124. The average Bonchev–Trinajstić information content (AvgIpc) is 2.84. The molecular formula is C21H30O3. The Bertz CT molecular complexity index is 613. The molecule has 24 heavy (non-hydrogen) atoms. The summed E-state index contributed by atoms with van der Waals surface area (Å²) in [6.45, 7) is 6.01. The van der Waals surface area contributed by atoms with Crippen LogP contribution in [-0.2, 0) is 4.79 Å². The minimum Gasteiger partial charge on any atom is -0.393 e. The highest BCUT2D eigenvalue weighted by atomic mass is 16.3. The molecule has 3 aliphatic carbocycles. The van der Waals surface area contributed by atoms with Gasteiger partial charge in [-0.2, -0.15) is 0 Å². The highest BCUT2D eigenvalue weighted by molar-refractivity contribution is 5.79. The van der Waals surface area contributed by atoms with Crippen molar-refractivity contribution in [3.8, 4) is 0 Å². The quantitative estimate of drug-likeness (QED) is 0.829. The monoisotopic (exact) mass is 330 g/mol. The predicted octanol–water partition coefficient (Wildman–Crippen LogP) is 3.72. The van der Waals surface area contributed by atoms with Gasteiger partial charge < -0.3 is 10.2 Å². The van der Waals surface area contributed by atoms with Gasteiger partial charge in [0, 0.05) is 5.92 Å². The van der Waals surface area contributed by atoms with Crippen LogP contribution in [0.1, 0.15) is 59.3 Å². The third-order valence-corrected chi connectivity index (χ3v) is 6.60. The summed E-state index contributed by atoms with van der Waals surface area (Å²) < 4.78 is 0. The van der Waals surface area contributed by atoms with Crippen LogP contribution in [0.15, 0.2) is 34.9 Å². The molecule has 0 saturated heterocycles. The smallest absolute Gasteiger partial charge is 0.133 e. The number of hydrogen-bond acceptors (Lipinski definition) is 3. The lowest BCUT2D eigenvalue weighted by atomic mass is 9.63. The van der Waals surface area contributed by atoms with Crippen LogP contribution < -0.4 is 0 Å². The van der Waals surface area contributed by atoms with Crippen LogP contribution in [0, 0.1) is 17.3 Å². The minimum absolute atomic E-state index is 0.0618. The van der Waals surface area contributed by atoms with Gasteiger partial charge in [-0.1, -0.05) is 30.7 Å². The van der Waals surface area contributed by atoms with E-state index < -0.39 is 6.10 Å². The van der Waals surface area contributed by atoms with E-state index in [1.165, 1.54) is 16.7 Å². The highest BCUT2D eigenvalue weighted by Gasteiger charge is 2.51. The van der Waals surface area contributed by atoms with E-state index >= 15 is 0 Å². The van der Waals surface area contributed by atoms with Crippen molar-refractivity contribution in [1.29, 1.82) is 0 Å². The Morgan fingerprint density at radius 2 is 2.00 bits per heavy atom. The lowest BCUT2D eigenvalue weighted by Gasteiger charge is -2.41. The molecule has 2 N–H and O–H groups in total. The Kier molecular flexibility index (Phi) is 4.85. The van der Waals surface area contributed by atoms with Gasteiger partial charge in [-0.15, -0.1) is 0 Å². The number of carbonyl (C=O) groups excluding carboxylic acids is 1. The lowest BCUT2D eigenvalue weighted by Crippen LogP contribution is -2.39. The summed E-state index contributed by atoms with van der Waals surface area (Å²) >= 11 is 0. The fourth-order valence-electron chi connectivity index (χ4n) is 5.24. The van der Waals surface area contributed by atoms with Gasteiger partial charge in [0.25, 0.3) is 0 Å². The molecule has 1 fully saturated rings. The Labute approximate surface area is 145 Å². The van der Waals surface area contributed by atoms with Crippen molar-refractivity contribution >= 4 is 5.78 Å². The SMILES string of the molecule is CC(=O)[C@H]1CC[C@H]2C(/C=C/C3=C(C)CC[C@@H](O)C3)=C[C@H](O)C[C@]12C. The fourth-order valence-corrected chi connectivity index (χ4v) is 5.24. The van der Waals surface area contributed by atoms with Crippen LogP contribution >= 0.6 is 0 Å². The molecule has 1 saturated carbocycles. The van der Waals surface area contributed by atoms with Gasteiger partial charge in [0.15, 0.2) is 0 Å². The number of Topliss-reactive ketones (excluding diaryl/α,β-unsaturated/α-hetero) is 1. The van der Waals surface area contributed by atoms with Gasteiger partial charge >= 0.3 is 0 Å². The van der Waals surface area contributed by atoms with Crippen molar-refractivity contribution in [1.82, 2.24) is 0 Å². The van der Waals surface area contributed by atoms with Gasteiger partial charge in [0.1, 0.15) is 5.78 Å². The van der Waals surface area contributed by atoms with Gasteiger partial charge in [-0.3, -0.25) is 4.79 Å². The number of rotatable bonds is 3. The maximum absolute atomic E-state index is 12.0. The Morgan fingerprint density at radius 3 is 2.71 bits per heavy atom. The molecule has 3 aliphatic rings.